The molecule has 0 radical (unpaired) electrons. The number of aryl methyl sites for hydroxylation is 1. The van der Waals surface area contributed by atoms with E-state index >= 15 is 4.39 Å². The Morgan fingerprint density at radius 1 is 1.06 bits per heavy atom. The molecule has 3 aromatic heterocycles. The highest BCUT2D eigenvalue weighted by Crippen LogP contribution is 2.32. The van der Waals surface area contributed by atoms with Gasteiger partial charge in [-0.2, -0.15) is 0 Å². The van der Waals surface area contributed by atoms with E-state index in [1.807, 2.05) is 6.92 Å². The molecule has 0 aliphatic carbocycles. The van der Waals surface area contributed by atoms with Crippen molar-refractivity contribution in [3.05, 3.63) is 71.9 Å². The summed E-state index contributed by atoms with van der Waals surface area (Å²) in [6.07, 6.45) is 3.61. The number of halogens is 2. The zero-order chi connectivity index (χ0) is 25.8. The van der Waals surface area contributed by atoms with E-state index < -0.39 is 23.1 Å². The molecule has 184 valence electrons. The van der Waals surface area contributed by atoms with Gasteiger partial charge in [-0.1, -0.05) is 6.92 Å². The van der Waals surface area contributed by atoms with Crippen LogP contribution in [0.25, 0.3) is 22.5 Å². The maximum Gasteiger partial charge on any atom is 0.276 e. The molecule has 0 aliphatic rings. The average molecular weight is 492 g/mol. The number of rotatable bonds is 7. The van der Waals surface area contributed by atoms with E-state index in [-0.39, 0.29) is 35.2 Å². The van der Waals surface area contributed by atoms with Gasteiger partial charge in [-0.05, 0) is 43.7 Å². The lowest BCUT2D eigenvalue weighted by atomic mass is 10.1. The van der Waals surface area contributed by atoms with Gasteiger partial charge in [-0.25, -0.2) is 23.7 Å². The van der Waals surface area contributed by atoms with Crippen LogP contribution in [0.15, 0.2) is 48.8 Å². The lowest BCUT2D eigenvalue weighted by Crippen LogP contribution is -2.17. The fourth-order valence-electron chi connectivity index (χ4n) is 3.51. The van der Waals surface area contributed by atoms with Gasteiger partial charge in [-0.15, -0.1) is 0 Å². The van der Waals surface area contributed by atoms with Crippen molar-refractivity contribution >= 4 is 23.1 Å². The number of aromatic nitrogens is 4. The Kier molecular flexibility index (Phi) is 7.00. The highest BCUT2D eigenvalue weighted by atomic mass is 19.1. The third kappa shape index (κ3) is 5.04. The molecular weight excluding hydrogens is 468 g/mol. The second-order valence-electron chi connectivity index (χ2n) is 7.82. The van der Waals surface area contributed by atoms with Crippen LogP contribution in [0.1, 0.15) is 29.7 Å². The number of carbonyl (C=O) groups is 1. The lowest BCUT2D eigenvalue weighted by molar-refractivity contribution is 0.102. The van der Waals surface area contributed by atoms with Crippen molar-refractivity contribution in [2.24, 2.45) is 0 Å². The summed E-state index contributed by atoms with van der Waals surface area (Å²) < 4.78 is 35.0. The number of carbonyl (C=O) groups excluding carboxylic acids is 1. The first-order valence-electron chi connectivity index (χ1n) is 11.0. The van der Waals surface area contributed by atoms with Crippen LogP contribution in [0.4, 0.5) is 26.0 Å². The van der Waals surface area contributed by atoms with Crippen LogP contribution in [-0.4, -0.2) is 32.4 Å². The molecule has 0 spiro atoms. The quantitative estimate of drug-likeness (QED) is 0.345. The number of nitrogens with zero attached hydrogens (tertiary/aromatic N) is 4. The number of nitrogens with one attached hydrogen (secondary N) is 1. The second-order valence-corrected chi connectivity index (χ2v) is 7.82. The van der Waals surface area contributed by atoms with Crippen LogP contribution in [-0.2, 0) is 0 Å². The number of benzene rings is 1. The number of nitrogen functional groups attached to an aromatic ring is 2. The molecule has 0 bridgehead atoms. The van der Waals surface area contributed by atoms with Gasteiger partial charge in [0.1, 0.15) is 17.5 Å². The largest absolute Gasteiger partial charge is 0.491 e. The van der Waals surface area contributed by atoms with E-state index in [2.05, 4.69) is 25.3 Å². The van der Waals surface area contributed by atoms with Gasteiger partial charge in [0.05, 0.1) is 41.1 Å². The number of nitrogens with two attached hydrogens (primary N) is 2. The molecule has 0 atom stereocenters. The Morgan fingerprint density at radius 3 is 2.61 bits per heavy atom. The van der Waals surface area contributed by atoms with E-state index in [0.717, 1.165) is 6.07 Å². The first-order valence-corrected chi connectivity index (χ1v) is 11.0. The predicted molar refractivity (Wildman–Crippen MR) is 132 cm³/mol. The summed E-state index contributed by atoms with van der Waals surface area (Å²) in [5.41, 5.74) is 12.4. The SMILES string of the molecule is CCCOc1ccc(F)c(-c2ccc(N)c(C(=O)Nc3cnccc3-c3cc(N)nc(C)n3)n2)c1F. The van der Waals surface area contributed by atoms with E-state index in [9.17, 15) is 9.18 Å². The van der Waals surface area contributed by atoms with Gasteiger partial charge in [0, 0.05) is 17.8 Å². The summed E-state index contributed by atoms with van der Waals surface area (Å²) >= 11 is 0. The van der Waals surface area contributed by atoms with Crippen molar-refractivity contribution in [2.45, 2.75) is 20.3 Å². The summed E-state index contributed by atoms with van der Waals surface area (Å²) in [6.45, 7) is 3.81. The highest BCUT2D eigenvalue weighted by molar-refractivity contribution is 6.08. The van der Waals surface area contributed by atoms with Gasteiger partial charge in [-0.3, -0.25) is 9.78 Å². The standard InChI is InChI=1S/C25H23F2N7O2/c1-3-10-36-20-7-4-15(26)22(23(20)27)17-6-5-16(28)24(33-17)25(35)34-19-12-30-9-8-14(19)18-11-21(29)32-13(2)31-18/h4-9,11-12H,3,10,28H2,1-2H3,(H,34,35)(H2,29,31,32). The fraction of sp³-hybridized carbons (Fsp3) is 0.160. The summed E-state index contributed by atoms with van der Waals surface area (Å²) in [5.74, 6) is -1.88. The predicted octanol–water partition coefficient (Wildman–Crippen LogP) is 4.39. The Balaban J connectivity index is 1.70. The van der Waals surface area contributed by atoms with Crippen molar-refractivity contribution in [3.63, 3.8) is 0 Å². The Labute approximate surface area is 205 Å². The molecular formula is C25H23F2N7O2. The molecule has 0 saturated carbocycles. The third-order valence-corrected chi connectivity index (χ3v) is 5.12. The maximum atomic E-state index is 15.1. The van der Waals surface area contributed by atoms with Crippen LogP contribution < -0.4 is 21.5 Å². The molecule has 1 amide bonds. The van der Waals surface area contributed by atoms with Crippen molar-refractivity contribution in [1.29, 1.82) is 0 Å². The van der Waals surface area contributed by atoms with Crippen molar-refractivity contribution in [2.75, 3.05) is 23.4 Å². The highest BCUT2D eigenvalue weighted by Gasteiger charge is 2.21. The van der Waals surface area contributed by atoms with Crippen molar-refractivity contribution < 1.29 is 18.3 Å². The zero-order valence-corrected chi connectivity index (χ0v) is 19.5. The monoisotopic (exact) mass is 491 g/mol. The Morgan fingerprint density at radius 2 is 1.86 bits per heavy atom. The van der Waals surface area contributed by atoms with Gasteiger partial charge >= 0.3 is 0 Å². The number of hydrogen-bond donors (Lipinski definition) is 3. The molecule has 4 rings (SSSR count). The van der Waals surface area contributed by atoms with Crippen LogP contribution >= 0.6 is 0 Å². The third-order valence-electron chi connectivity index (χ3n) is 5.12. The summed E-state index contributed by atoms with van der Waals surface area (Å²) in [6, 6.07) is 8.19. The van der Waals surface area contributed by atoms with Gasteiger partial charge in [0.2, 0.25) is 0 Å². The minimum absolute atomic E-state index is 0.0167. The number of amides is 1. The summed E-state index contributed by atoms with van der Waals surface area (Å²) in [5, 5.41) is 2.69. The van der Waals surface area contributed by atoms with E-state index in [4.69, 9.17) is 16.2 Å². The first kappa shape index (κ1) is 24.5. The topological polar surface area (TPSA) is 142 Å². The second kappa shape index (κ2) is 10.3. The van der Waals surface area contributed by atoms with Crippen molar-refractivity contribution in [1.82, 2.24) is 19.9 Å². The van der Waals surface area contributed by atoms with Crippen LogP contribution in [0.3, 0.4) is 0 Å². The molecule has 0 aliphatic heterocycles. The smallest absolute Gasteiger partial charge is 0.276 e. The number of pyridine rings is 2. The fourth-order valence-corrected chi connectivity index (χ4v) is 3.51. The molecule has 1 aromatic carbocycles. The Bertz CT molecular complexity index is 1430. The molecule has 36 heavy (non-hydrogen) atoms. The van der Waals surface area contributed by atoms with Crippen LogP contribution in [0.5, 0.6) is 5.75 Å². The van der Waals surface area contributed by atoms with E-state index in [1.54, 1.807) is 19.1 Å². The average Bonchev–Trinajstić information content (AvgIpc) is 2.84. The molecule has 11 heteroatoms. The number of ether oxygens (including phenoxy) is 1. The molecule has 9 nitrogen and oxygen atoms in total. The molecule has 0 fully saturated rings. The van der Waals surface area contributed by atoms with Crippen molar-refractivity contribution in [3.8, 4) is 28.3 Å². The minimum atomic E-state index is -0.918. The van der Waals surface area contributed by atoms with E-state index in [0.29, 0.717) is 29.2 Å². The maximum absolute atomic E-state index is 15.1. The molecule has 5 N–H and O–H groups in total. The molecule has 3 heterocycles. The Hall–Kier alpha value is -4.67. The normalized spacial score (nSPS) is 10.8. The molecule has 4 aromatic rings. The van der Waals surface area contributed by atoms with Gasteiger partial charge in [0.15, 0.2) is 17.3 Å². The van der Waals surface area contributed by atoms with Gasteiger partial charge < -0.3 is 21.5 Å². The zero-order valence-electron chi connectivity index (χ0n) is 19.5. The molecule has 0 saturated heterocycles. The first-order chi connectivity index (χ1) is 17.3. The van der Waals surface area contributed by atoms with E-state index in [1.165, 1.54) is 30.6 Å². The number of anilines is 3. The lowest BCUT2D eigenvalue weighted by Gasteiger charge is -2.14. The van der Waals surface area contributed by atoms with Crippen LogP contribution in [0, 0.1) is 18.6 Å². The summed E-state index contributed by atoms with van der Waals surface area (Å²) in [7, 11) is 0. The number of hydrogen-bond acceptors (Lipinski definition) is 8. The van der Waals surface area contributed by atoms with Crippen LogP contribution in [0.2, 0.25) is 0 Å². The molecule has 0 unspecified atom stereocenters. The van der Waals surface area contributed by atoms with Gasteiger partial charge in [0.25, 0.3) is 5.91 Å². The summed E-state index contributed by atoms with van der Waals surface area (Å²) in [4.78, 5) is 29.8. The minimum Gasteiger partial charge on any atom is -0.491 e.